The molecule has 3 atom stereocenters. The highest BCUT2D eigenvalue weighted by Gasteiger charge is 2.39. The molecule has 0 aliphatic heterocycles. The number of thioether (sulfide) groups is 1. The predicted molar refractivity (Wildman–Crippen MR) is 130 cm³/mol. The maximum absolute atomic E-state index is 5.59. The number of aromatic nitrogens is 4. The van der Waals surface area contributed by atoms with E-state index in [1.165, 1.54) is 25.7 Å². The third-order valence-electron chi connectivity index (χ3n) is 6.58. The summed E-state index contributed by atoms with van der Waals surface area (Å²) in [5.74, 6) is 3.42. The zero-order valence-electron chi connectivity index (χ0n) is 18.2. The highest BCUT2D eigenvalue weighted by Crippen LogP contribution is 2.44. The lowest BCUT2D eigenvalue weighted by Gasteiger charge is -2.24. The number of hydrogen-bond acceptors (Lipinski definition) is 5. The molecule has 2 bridgehead atoms. The summed E-state index contributed by atoms with van der Waals surface area (Å²) in [6.07, 6.45) is 5.37. The van der Waals surface area contributed by atoms with Crippen LogP contribution < -0.4 is 10.6 Å². The van der Waals surface area contributed by atoms with Crippen LogP contribution in [0.2, 0.25) is 0 Å². The van der Waals surface area contributed by atoms with Crippen molar-refractivity contribution in [2.45, 2.75) is 56.5 Å². The molecule has 2 N–H and O–H groups in total. The molecule has 2 fully saturated rings. The van der Waals surface area contributed by atoms with Crippen molar-refractivity contribution >= 4 is 45.8 Å². The van der Waals surface area contributed by atoms with Crippen molar-refractivity contribution in [1.29, 1.82) is 0 Å². The third kappa shape index (κ3) is 4.41. The molecule has 31 heavy (non-hydrogen) atoms. The first kappa shape index (κ1) is 20.7. The van der Waals surface area contributed by atoms with Crippen molar-refractivity contribution in [2.75, 3.05) is 5.32 Å². The van der Waals surface area contributed by atoms with Gasteiger partial charge in [-0.15, -0.1) is 0 Å². The van der Waals surface area contributed by atoms with Crippen LogP contribution in [0.15, 0.2) is 29.4 Å². The SMILES string of the molecule is Cc1cc(C)nc(SCc2nc3cc(NC(=S)N[C@@H]4C[C@@H]5CC[C@@H]4C5)ccc3n2C)n1. The topological polar surface area (TPSA) is 67.7 Å². The second kappa shape index (κ2) is 8.39. The van der Waals surface area contributed by atoms with Crippen LogP contribution >= 0.6 is 24.0 Å². The van der Waals surface area contributed by atoms with E-state index >= 15 is 0 Å². The van der Waals surface area contributed by atoms with Crippen LogP contribution in [0, 0.1) is 25.7 Å². The fourth-order valence-corrected chi connectivity index (χ4v) is 6.30. The molecule has 2 saturated carbocycles. The Kier molecular flexibility index (Phi) is 5.60. The summed E-state index contributed by atoms with van der Waals surface area (Å²) in [7, 11) is 2.06. The first-order valence-corrected chi connectivity index (χ1v) is 12.3. The summed E-state index contributed by atoms with van der Waals surface area (Å²) in [4.78, 5) is 13.9. The van der Waals surface area contributed by atoms with Gasteiger partial charge in [0.05, 0.1) is 16.8 Å². The maximum atomic E-state index is 5.59. The van der Waals surface area contributed by atoms with E-state index in [4.69, 9.17) is 17.2 Å². The maximum Gasteiger partial charge on any atom is 0.188 e. The molecule has 3 aromatic rings. The van der Waals surface area contributed by atoms with E-state index in [2.05, 4.69) is 50.4 Å². The molecule has 2 heterocycles. The van der Waals surface area contributed by atoms with Crippen LogP contribution in [0.5, 0.6) is 0 Å². The summed E-state index contributed by atoms with van der Waals surface area (Å²) < 4.78 is 2.14. The van der Waals surface area contributed by atoms with Crippen LogP contribution in [0.1, 0.15) is 42.9 Å². The van der Waals surface area contributed by atoms with Gasteiger partial charge < -0.3 is 15.2 Å². The van der Waals surface area contributed by atoms with E-state index in [-0.39, 0.29) is 0 Å². The van der Waals surface area contributed by atoms with E-state index in [0.717, 1.165) is 61.8 Å². The van der Waals surface area contributed by atoms with E-state index in [9.17, 15) is 0 Å². The van der Waals surface area contributed by atoms with Gasteiger partial charge in [-0.1, -0.05) is 18.2 Å². The summed E-state index contributed by atoms with van der Waals surface area (Å²) in [6, 6.07) is 8.78. The Morgan fingerprint density at radius 3 is 2.65 bits per heavy atom. The molecule has 0 amide bonds. The Labute approximate surface area is 192 Å². The van der Waals surface area contributed by atoms with Crippen LogP contribution in [0.4, 0.5) is 5.69 Å². The van der Waals surface area contributed by atoms with Gasteiger partial charge in [0, 0.05) is 30.2 Å². The number of rotatable bonds is 5. The summed E-state index contributed by atoms with van der Waals surface area (Å²) in [5, 5.41) is 8.43. The summed E-state index contributed by atoms with van der Waals surface area (Å²) in [5.41, 5.74) is 5.03. The third-order valence-corrected chi connectivity index (χ3v) is 7.64. The lowest BCUT2D eigenvalue weighted by molar-refractivity contribution is 0.392. The fourth-order valence-electron chi connectivity index (χ4n) is 5.10. The second-order valence-electron chi connectivity index (χ2n) is 8.89. The lowest BCUT2D eigenvalue weighted by atomic mass is 9.96. The molecule has 2 aliphatic rings. The molecule has 2 aromatic heterocycles. The molecule has 6 nitrogen and oxygen atoms in total. The predicted octanol–water partition coefficient (Wildman–Crippen LogP) is 4.75. The van der Waals surface area contributed by atoms with Crippen molar-refractivity contribution in [3.63, 3.8) is 0 Å². The minimum absolute atomic E-state index is 0.536. The Morgan fingerprint density at radius 1 is 1.13 bits per heavy atom. The number of anilines is 1. The molecule has 0 unspecified atom stereocenters. The molecule has 5 rings (SSSR count). The fraction of sp³-hybridized carbons (Fsp3) is 0.478. The van der Waals surface area contributed by atoms with Gasteiger partial charge in [0.25, 0.3) is 0 Å². The molecule has 1 aromatic carbocycles. The molecule has 162 valence electrons. The van der Waals surface area contributed by atoms with Gasteiger partial charge in [-0.2, -0.15) is 0 Å². The van der Waals surface area contributed by atoms with Crippen molar-refractivity contribution in [1.82, 2.24) is 24.8 Å². The van der Waals surface area contributed by atoms with Crippen molar-refractivity contribution in [3.8, 4) is 0 Å². The van der Waals surface area contributed by atoms with Crippen LogP contribution in [0.25, 0.3) is 11.0 Å². The quantitative estimate of drug-likeness (QED) is 0.329. The molecule has 0 radical (unpaired) electrons. The average Bonchev–Trinajstić information content (AvgIpc) is 3.40. The van der Waals surface area contributed by atoms with Crippen molar-refractivity contribution < 1.29 is 0 Å². The molecular weight excluding hydrogens is 424 g/mol. The van der Waals surface area contributed by atoms with E-state index in [0.29, 0.717) is 6.04 Å². The number of thiocarbonyl (C=S) groups is 1. The number of imidazole rings is 1. The number of benzene rings is 1. The average molecular weight is 453 g/mol. The van der Waals surface area contributed by atoms with Gasteiger partial charge in [-0.05, 0) is 81.4 Å². The van der Waals surface area contributed by atoms with Crippen LogP contribution in [-0.4, -0.2) is 30.7 Å². The Morgan fingerprint density at radius 2 is 1.94 bits per heavy atom. The van der Waals surface area contributed by atoms with Crippen molar-refractivity contribution in [2.24, 2.45) is 18.9 Å². The first-order valence-electron chi connectivity index (χ1n) is 10.9. The second-order valence-corrected chi connectivity index (χ2v) is 10.2. The molecule has 8 heteroatoms. The monoisotopic (exact) mass is 452 g/mol. The molecule has 0 spiro atoms. The van der Waals surface area contributed by atoms with Gasteiger partial charge >= 0.3 is 0 Å². The standard InChI is InChI=1S/C23H28N6S2/c1-13-8-14(2)25-23(24-13)31-12-21-27-19-11-17(6-7-20(19)29(21)3)26-22(30)28-18-10-15-4-5-16(18)9-15/h6-8,11,15-16,18H,4-5,9-10,12H2,1-3H3,(H2,26,28,30)/t15-,16-,18-/m1/s1. The van der Waals surface area contributed by atoms with Crippen LogP contribution in [-0.2, 0) is 12.8 Å². The van der Waals surface area contributed by atoms with Crippen molar-refractivity contribution in [3.05, 3.63) is 41.5 Å². The zero-order chi connectivity index (χ0) is 21.5. The largest absolute Gasteiger partial charge is 0.359 e. The van der Waals surface area contributed by atoms with Gasteiger partial charge in [0.15, 0.2) is 10.3 Å². The normalized spacial score (nSPS) is 22.2. The number of nitrogens with zero attached hydrogens (tertiary/aromatic N) is 4. The number of nitrogens with one attached hydrogen (secondary N) is 2. The van der Waals surface area contributed by atoms with Gasteiger partial charge in [0.1, 0.15) is 5.82 Å². The highest BCUT2D eigenvalue weighted by molar-refractivity contribution is 7.98. The van der Waals surface area contributed by atoms with Gasteiger partial charge in [0.2, 0.25) is 0 Å². The summed E-state index contributed by atoms with van der Waals surface area (Å²) in [6.45, 7) is 4.00. The number of aryl methyl sites for hydroxylation is 3. The van der Waals surface area contributed by atoms with Crippen LogP contribution in [0.3, 0.4) is 0 Å². The minimum Gasteiger partial charge on any atom is -0.359 e. The molecule has 0 saturated heterocycles. The number of fused-ring (bicyclic) bond motifs is 3. The lowest BCUT2D eigenvalue weighted by Crippen LogP contribution is -2.40. The Bertz CT molecular complexity index is 1120. The minimum atomic E-state index is 0.536. The first-order chi connectivity index (χ1) is 14.9. The van der Waals surface area contributed by atoms with E-state index in [1.807, 2.05) is 19.9 Å². The molecular formula is C23H28N6S2. The highest BCUT2D eigenvalue weighted by atomic mass is 32.2. The molecule has 2 aliphatic carbocycles. The number of hydrogen-bond donors (Lipinski definition) is 2. The zero-order valence-corrected chi connectivity index (χ0v) is 19.8. The van der Waals surface area contributed by atoms with Gasteiger partial charge in [-0.25, -0.2) is 15.0 Å². The van der Waals surface area contributed by atoms with E-state index in [1.54, 1.807) is 11.8 Å². The Hall–Kier alpha value is -2.19. The van der Waals surface area contributed by atoms with Gasteiger partial charge in [-0.3, -0.25) is 0 Å². The summed E-state index contributed by atoms with van der Waals surface area (Å²) >= 11 is 7.21. The van der Waals surface area contributed by atoms with E-state index < -0.39 is 0 Å². The Balaban J connectivity index is 1.26. The smallest absolute Gasteiger partial charge is 0.188 e.